The van der Waals surface area contributed by atoms with Gasteiger partial charge in [0.1, 0.15) is 6.10 Å². The SMILES string of the molecule is CCOC1CC(Nc2ccc3c(c2)OCCCO3)C1OC. The Morgan fingerprint density at radius 2 is 2.05 bits per heavy atom. The maximum Gasteiger partial charge on any atom is 0.163 e. The second-order valence-corrected chi connectivity index (χ2v) is 5.39. The molecule has 3 unspecified atom stereocenters. The normalized spacial score (nSPS) is 27.6. The van der Waals surface area contributed by atoms with Crippen molar-refractivity contribution in [3.05, 3.63) is 18.2 Å². The van der Waals surface area contributed by atoms with E-state index in [1.54, 1.807) is 7.11 Å². The first-order valence-electron chi connectivity index (χ1n) is 7.62. The standard InChI is InChI=1S/C16H23NO4/c1-3-19-15-10-12(16(15)18-2)17-11-5-6-13-14(9-11)21-8-4-7-20-13/h5-6,9,12,15-17H,3-4,7-8,10H2,1-2H3. The minimum atomic E-state index is 0.0981. The quantitative estimate of drug-likeness (QED) is 0.903. The van der Waals surface area contributed by atoms with Crippen LogP contribution in [0.3, 0.4) is 0 Å². The Morgan fingerprint density at radius 1 is 1.24 bits per heavy atom. The van der Waals surface area contributed by atoms with Crippen LogP contribution in [0.2, 0.25) is 0 Å². The van der Waals surface area contributed by atoms with E-state index < -0.39 is 0 Å². The number of ether oxygens (including phenoxy) is 4. The van der Waals surface area contributed by atoms with Crippen molar-refractivity contribution in [3.63, 3.8) is 0 Å². The number of fused-ring (bicyclic) bond motifs is 1. The van der Waals surface area contributed by atoms with Crippen LogP contribution >= 0.6 is 0 Å². The first-order chi connectivity index (χ1) is 10.3. The highest BCUT2D eigenvalue weighted by molar-refractivity contribution is 5.55. The maximum atomic E-state index is 5.71. The molecule has 1 aliphatic heterocycles. The molecule has 1 aromatic carbocycles. The van der Waals surface area contributed by atoms with Crippen molar-refractivity contribution in [2.75, 3.05) is 32.2 Å². The summed E-state index contributed by atoms with van der Waals surface area (Å²) in [6, 6.07) is 6.26. The third kappa shape index (κ3) is 3.09. The van der Waals surface area contributed by atoms with Gasteiger partial charge in [-0.2, -0.15) is 0 Å². The Morgan fingerprint density at radius 3 is 2.81 bits per heavy atom. The molecule has 1 saturated carbocycles. The highest BCUT2D eigenvalue weighted by Gasteiger charge is 2.42. The second kappa shape index (κ2) is 6.54. The van der Waals surface area contributed by atoms with E-state index in [4.69, 9.17) is 18.9 Å². The molecule has 1 aliphatic carbocycles. The Balaban J connectivity index is 1.64. The van der Waals surface area contributed by atoms with Crippen molar-refractivity contribution in [3.8, 4) is 11.5 Å². The van der Waals surface area contributed by atoms with Gasteiger partial charge in [-0.1, -0.05) is 0 Å². The summed E-state index contributed by atoms with van der Waals surface area (Å²) in [7, 11) is 1.73. The van der Waals surface area contributed by atoms with Crippen molar-refractivity contribution >= 4 is 5.69 Å². The first-order valence-corrected chi connectivity index (χ1v) is 7.62. The fourth-order valence-electron chi connectivity index (χ4n) is 2.88. The van der Waals surface area contributed by atoms with Crippen LogP contribution in [0, 0.1) is 0 Å². The number of nitrogens with one attached hydrogen (secondary N) is 1. The molecule has 0 spiro atoms. The summed E-state index contributed by atoms with van der Waals surface area (Å²) in [5.74, 6) is 1.63. The van der Waals surface area contributed by atoms with Crippen LogP contribution in [0.15, 0.2) is 18.2 Å². The summed E-state index contributed by atoms with van der Waals surface area (Å²) < 4.78 is 22.5. The van der Waals surface area contributed by atoms with Crippen molar-refractivity contribution < 1.29 is 18.9 Å². The van der Waals surface area contributed by atoms with E-state index >= 15 is 0 Å². The molecule has 0 aromatic heterocycles. The zero-order chi connectivity index (χ0) is 14.7. The van der Waals surface area contributed by atoms with E-state index in [1.165, 1.54) is 0 Å². The van der Waals surface area contributed by atoms with Gasteiger partial charge in [0.15, 0.2) is 11.5 Å². The number of methoxy groups -OCH3 is 1. The molecular weight excluding hydrogens is 270 g/mol. The van der Waals surface area contributed by atoms with E-state index in [-0.39, 0.29) is 18.2 Å². The van der Waals surface area contributed by atoms with Gasteiger partial charge in [-0.15, -0.1) is 0 Å². The maximum absolute atomic E-state index is 5.71. The molecule has 5 nitrogen and oxygen atoms in total. The van der Waals surface area contributed by atoms with Gasteiger partial charge in [0, 0.05) is 31.9 Å². The summed E-state index contributed by atoms with van der Waals surface area (Å²) in [6.07, 6.45) is 2.17. The molecule has 0 amide bonds. The fraction of sp³-hybridized carbons (Fsp3) is 0.625. The van der Waals surface area contributed by atoms with Gasteiger partial charge in [0.2, 0.25) is 0 Å². The van der Waals surface area contributed by atoms with Gasteiger partial charge in [0.25, 0.3) is 0 Å². The van der Waals surface area contributed by atoms with E-state index in [1.807, 2.05) is 25.1 Å². The van der Waals surface area contributed by atoms with Crippen LogP contribution < -0.4 is 14.8 Å². The van der Waals surface area contributed by atoms with E-state index in [9.17, 15) is 0 Å². The highest BCUT2D eigenvalue weighted by atomic mass is 16.5. The molecule has 3 atom stereocenters. The molecule has 1 fully saturated rings. The lowest BCUT2D eigenvalue weighted by Crippen LogP contribution is -2.56. The van der Waals surface area contributed by atoms with E-state index in [2.05, 4.69) is 5.32 Å². The first kappa shape index (κ1) is 14.5. The molecule has 5 heteroatoms. The number of rotatable bonds is 5. The number of benzene rings is 1. The van der Waals surface area contributed by atoms with Crippen molar-refractivity contribution in [2.45, 2.75) is 38.0 Å². The predicted octanol–water partition coefficient (Wildman–Crippen LogP) is 2.45. The molecular formula is C16H23NO4. The Kier molecular flexibility index (Phi) is 4.51. The van der Waals surface area contributed by atoms with Crippen molar-refractivity contribution in [1.29, 1.82) is 0 Å². The smallest absolute Gasteiger partial charge is 0.163 e. The number of hydrogen-bond acceptors (Lipinski definition) is 5. The molecule has 116 valence electrons. The molecule has 0 saturated heterocycles. The molecule has 1 aromatic rings. The summed E-state index contributed by atoms with van der Waals surface area (Å²) in [6.45, 7) is 4.15. The van der Waals surface area contributed by atoms with Crippen molar-refractivity contribution in [1.82, 2.24) is 0 Å². The number of anilines is 1. The minimum absolute atomic E-state index is 0.0981. The van der Waals surface area contributed by atoms with Crippen LogP contribution in [0.1, 0.15) is 19.8 Å². The molecule has 0 bridgehead atoms. The molecule has 21 heavy (non-hydrogen) atoms. The predicted molar refractivity (Wildman–Crippen MR) is 80.3 cm³/mol. The molecule has 2 aliphatic rings. The summed E-state index contributed by atoms with van der Waals surface area (Å²) in [5.41, 5.74) is 1.03. The van der Waals surface area contributed by atoms with Crippen LogP contribution in [0.4, 0.5) is 5.69 Å². The Hall–Kier alpha value is -1.46. The van der Waals surface area contributed by atoms with Gasteiger partial charge in [-0.3, -0.25) is 0 Å². The van der Waals surface area contributed by atoms with Gasteiger partial charge >= 0.3 is 0 Å². The van der Waals surface area contributed by atoms with E-state index in [0.29, 0.717) is 13.2 Å². The van der Waals surface area contributed by atoms with Gasteiger partial charge in [0.05, 0.1) is 25.4 Å². The number of hydrogen-bond donors (Lipinski definition) is 1. The zero-order valence-electron chi connectivity index (χ0n) is 12.6. The van der Waals surface area contributed by atoms with Crippen LogP contribution in [0.5, 0.6) is 11.5 Å². The average molecular weight is 293 g/mol. The largest absolute Gasteiger partial charge is 0.490 e. The van der Waals surface area contributed by atoms with Crippen LogP contribution in [-0.4, -0.2) is 45.2 Å². The fourth-order valence-corrected chi connectivity index (χ4v) is 2.88. The summed E-state index contributed by atoms with van der Waals surface area (Å²) in [5, 5.41) is 3.50. The van der Waals surface area contributed by atoms with Crippen LogP contribution in [0.25, 0.3) is 0 Å². The van der Waals surface area contributed by atoms with Crippen LogP contribution in [-0.2, 0) is 9.47 Å². The van der Waals surface area contributed by atoms with Gasteiger partial charge in [-0.05, 0) is 25.5 Å². The second-order valence-electron chi connectivity index (χ2n) is 5.39. The lowest BCUT2D eigenvalue weighted by atomic mass is 9.85. The molecule has 3 rings (SSSR count). The third-order valence-electron chi connectivity index (χ3n) is 4.00. The highest BCUT2D eigenvalue weighted by Crippen LogP contribution is 2.35. The van der Waals surface area contributed by atoms with Gasteiger partial charge < -0.3 is 24.3 Å². The Bertz CT molecular complexity index is 479. The topological polar surface area (TPSA) is 49.0 Å². The minimum Gasteiger partial charge on any atom is -0.490 e. The summed E-state index contributed by atoms with van der Waals surface area (Å²) in [4.78, 5) is 0. The molecule has 1 N–H and O–H groups in total. The van der Waals surface area contributed by atoms with Crippen molar-refractivity contribution in [2.24, 2.45) is 0 Å². The average Bonchev–Trinajstić information content (AvgIpc) is 2.71. The lowest BCUT2D eigenvalue weighted by Gasteiger charge is -2.43. The monoisotopic (exact) mass is 293 g/mol. The lowest BCUT2D eigenvalue weighted by molar-refractivity contribution is -0.118. The Labute approximate surface area is 125 Å². The molecule has 0 radical (unpaired) electrons. The summed E-state index contributed by atoms with van der Waals surface area (Å²) >= 11 is 0. The third-order valence-corrected chi connectivity index (χ3v) is 4.00. The van der Waals surface area contributed by atoms with Gasteiger partial charge in [-0.25, -0.2) is 0 Å². The zero-order valence-corrected chi connectivity index (χ0v) is 12.6. The molecule has 1 heterocycles. The van der Waals surface area contributed by atoms with E-state index in [0.717, 1.165) is 36.6 Å².